The second-order valence-corrected chi connectivity index (χ2v) is 5.58. The first-order valence-corrected chi connectivity index (χ1v) is 7.59. The summed E-state index contributed by atoms with van der Waals surface area (Å²) in [6.45, 7) is 4.91. The number of aromatic nitrogens is 4. The molecule has 1 N–H and O–H groups in total. The van der Waals surface area contributed by atoms with E-state index in [0.717, 1.165) is 13.0 Å². The maximum absolute atomic E-state index is 4.44. The number of hydrogen-bond acceptors (Lipinski definition) is 4. The zero-order chi connectivity index (χ0) is 15.5. The van der Waals surface area contributed by atoms with E-state index in [1.807, 2.05) is 14.0 Å². The lowest BCUT2D eigenvalue weighted by molar-refractivity contribution is 0.423. The number of hydrogen-bond donors (Lipinski definition) is 1. The van der Waals surface area contributed by atoms with Crippen LogP contribution in [0.3, 0.4) is 0 Å². The van der Waals surface area contributed by atoms with E-state index in [4.69, 9.17) is 0 Å². The zero-order valence-corrected chi connectivity index (χ0v) is 13.2. The van der Waals surface area contributed by atoms with Crippen molar-refractivity contribution in [2.75, 3.05) is 13.6 Å². The Labute approximate surface area is 130 Å². The van der Waals surface area contributed by atoms with Crippen molar-refractivity contribution in [3.8, 4) is 0 Å². The lowest BCUT2D eigenvalue weighted by Gasteiger charge is -2.19. The Kier molecular flexibility index (Phi) is 4.15. The minimum absolute atomic E-state index is 0.0825. The average Bonchev–Trinajstić information content (AvgIpc) is 2.96. The molecular weight excluding hydrogens is 274 g/mol. The molecule has 114 valence electrons. The molecule has 0 aliphatic rings. The Balaban J connectivity index is 2.13. The van der Waals surface area contributed by atoms with Gasteiger partial charge in [-0.25, -0.2) is 0 Å². The van der Waals surface area contributed by atoms with Crippen LogP contribution in [0.2, 0.25) is 0 Å². The molecule has 5 nitrogen and oxygen atoms in total. The first kappa shape index (κ1) is 14.7. The molecule has 0 fully saturated rings. The number of aryl methyl sites for hydroxylation is 2. The van der Waals surface area contributed by atoms with E-state index in [2.05, 4.69) is 64.0 Å². The smallest absolute Gasteiger partial charge is 0.171 e. The average molecular weight is 295 g/mol. The molecule has 0 aliphatic carbocycles. The number of fused-ring (bicyclic) bond motifs is 1. The van der Waals surface area contributed by atoms with Gasteiger partial charge in [-0.1, -0.05) is 36.4 Å². The fourth-order valence-corrected chi connectivity index (χ4v) is 2.87. The molecule has 0 bridgehead atoms. The fourth-order valence-electron chi connectivity index (χ4n) is 2.87. The molecule has 1 aromatic heterocycles. The summed E-state index contributed by atoms with van der Waals surface area (Å²) in [6, 6.07) is 13.0. The van der Waals surface area contributed by atoms with E-state index >= 15 is 0 Å². The summed E-state index contributed by atoms with van der Waals surface area (Å²) in [4.78, 5) is 1.74. The Morgan fingerprint density at radius 1 is 1.09 bits per heavy atom. The molecule has 3 aromatic rings. The highest BCUT2D eigenvalue weighted by molar-refractivity contribution is 5.88. The third kappa shape index (κ3) is 2.72. The highest BCUT2D eigenvalue weighted by Gasteiger charge is 2.19. The lowest BCUT2D eigenvalue weighted by atomic mass is 9.94. The summed E-state index contributed by atoms with van der Waals surface area (Å²) in [5, 5.41) is 18.4. The van der Waals surface area contributed by atoms with E-state index in [1.165, 1.54) is 21.9 Å². The second kappa shape index (κ2) is 6.23. The molecule has 3 rings (SSSR count). The van der Waals surface area contributed by atoms with E-state index in [-0.39, 0.29) is 6.04 Å². The van der Waals surface area contributed by atoms with Gasteiger partial charge >= 0.3 is 0 Å². The lowest BCUT2D eigenvalue weighted by Crippen LogP contribution is -2.20. The SMILES string of the molecule is CNCCC(c1ccc(C)c2ccccc12)n1nnc(C)n1. The van der Waals surface area contributed by atoms with Gasteiger partial charge in [-0.3, -0.25) is 0 Å². The molecule has 0 aliphatic heterocycles. The van der Waals surface area contributed by atoms with Crippen molar-refractivity contribution in [3.63, 3.8) is 0 Å². The van der Waals surface area contributed by atoms with Gasteiger partial charge in [-0.05, 0) is 61.0 Å². The number of tetrazole rings is 1. The molecule has 1 atom stereocenters. The third-order valence-corrected chi connectivity index (χ3v) is 4.01. The van der Waals surface area contributed by atoms with Crippen LogP contribution in [0, 0.1) is 13.8 Å². The molecule has 2 aromatic carbocycles. The van der Waals surface area contributed by atoms with Gasteiger partial charge in [0.2, 0.25) is 0 Å². The molecule has 0 saturated heterocycles. The van der Waals surface area contributed by atoms with Gasteiger partial charge in [0.25, 0.3) is 0 Å². The van der Waals surface area contributed by atoms with Crippen LogP contribution in [0.4, 0.5) is 0 Å². The summed E-state index contributed by atoms with van der Waals surface area (Å²) < 4.78 is 0. The predicted octanol–water partition coefficient (Wildman–Crippen LogP) is 2.64. The van der Waals surface area contributed by atoms with Crippen LogP contribution < -0.4 is 5.32 Å². The largest absolute Gasteiger partial charge is 0.320 e. The highest BCUT2D eigenvalue weighted by Crippen LogP contribution is 2.30. The molecular formula is C17H21N5. The molecule has 0 amide bonds. The van der Waals surface area contributed by atoms with Crippen LogP contribution in [0.25, 0.3) is 10.8 Å². The highest BCUT2D eigenvalue weighted by atomic mass is 15.6. The van der Waals surface area contributed by atoms with Crippen LogP contribution in [0.5, 0.6) is 0 Å². The Bertz CT molecular complexity index is 778. The van der Waals surface area contributed by atoms with Gasteiger partial charge in [0.1, 0.15) is 6.04 Å². The zero-order valence-electron chi connectivity index (χ0n) is 13.2. The number of nitrogens with zero attached hydrogens (tertiary/aromatic N) is 4. The normalized spacial score (nSPS) is 12.7. The van der Waals surface area contributed by atoms with Crippen molar-refractivity contribution in [2.45, 2.75) is 26.3 Å². The third-order valence-electron chi connectivity index (χ3n) is 4.01. The monoisotopic (exact) mass is 295 g/mol. The van der Waals surface area contributed by atoms with Crippen LogP contribution in [0.15, 0.2) is 36.4 Å². The maximum Gasteiger partial charge on any atom is 0.171 e. The minimum atomic E-state index is 0.0825. The van der Waals surface area contributed by atoms with Crippen molar-refractivity contribution in [1.29, 1.82) is 0 Å². The molecule has 0 saturated carbocycles. The van der Waals surface area contributed by atoms with E-state index in [9.17, 15) is 0 Å². The summed E-state index contributed by atoms with van der Waals surface area (Å²) in [5.74, 6) is 0.700. The predicted molar refractivity (Wildman–Crippen MR) is 87.9 cm³/mol. The van der Waals surface area contributed by atoms with Crippen LogP contribution in [-0.4, -0.2) is 33.8 Å². The molecule has 1 heterocycles. The van der Waals surface area contributed by atoms with Crippen molar-refractivity contribution in [2.24, 2.45) is 0 Å². The Hall–Kier alpha value is -2.27. The first-order chi connectivity index (χ1) is 10.7. The summed E-state index contributed by atoms with van der Waals surface area (Å²) in [5.41, 5.74) is 2.53. The fraction of sp³-hybridized carbons (Fsp3) is 0.353. The van der Waals surface area contributed by atoms with Gasteiger partial charge in [0.15, 0.2) is 5.82 Å². The number of nitrogens with one attached hydrogen (secondary N) is 1. The molecule has 5 heteroatoms. The number of rotatable bonds is 5. The van der Waals surface area contributed by atoms with Crippen molar-refractivity contribution < 1.29 is 0 Å². The number of benzene rings is 2. The van der Waals surface area contributed by atoms with Crippen molar-refractivity contribution >= 4 is 10.8 Å². The molecule has 22 heavy (non-hydrogen) atoms. The summed E-state index contributed by atoms with van der Waals surface area (Å²) in [6.07, 6.45) is 0.916. The molecule has 1 unspecified atom stereocenters. The Morgan fingerprint density at radius 2 is 1.86 bits per heavy atom. The van der Waals surface area contributed by atoms with Gasteiger partial charge in [0.05, 0.1) is 0 Å². The van der Waals surface area contributed by atoms with Crippen molar-refractivity contribution in [1.82, 2.24) is 25.5 Å². The van der Waals surface area contributed by atoms with Gasteiger partial charge in [-0.15, -0.1) is 10.2 Å². The maximum atomic E-state index is 4.44. The minimum Gasteiger partial charge on any atom is -0.320 e. The quantitative estimate of drug-likeness (QED) is 0.786. The second-order valence-electron chi connectivity index (χ2n) is 5.58. The first-order valence-electron chi connectivity index (χ1n) is 7.59. The van der Waals surface area contributed by atoms with Gasteiger partial charge < -0.3 is 5.32 Å². The van der Waals surface area contributed by atoms with Crippen LogP contribution in [-0.2, 0) is 0 Å². The van der Waals surface area contributed by atoms with E-state index < -0.39 is 0 Å². The molecule has 0 spiro atoms. The van der Waals surface area contributed by atoms with Crippen LogP contribution in [0.1, 0.15) is 29.4 Å². The Morgan fingerprint density at radius 3 is 2.55 bits per heavy atom. The van der Waals surface area contributed by atoms with Crippen LogP contribution >= 0.6 is 0 Å². The molecule has 0 radical (unpaired) electrons. The van der Waals surface area contributed by atoms with E-state index in [0.29, 0.717) is 5.82 Å². The topological polar surface area (TPSA) is 55.6 Å². The summed E-state index contributed by atoms with van der Waals surface area (Å²) >= 11 is 0. The van der Waals surface area contributed by atoms with E-state index in [1.54, 1.807) is 4.80 Å². The standard InChI is InChI=1S/C17H21N5/c1-12-8-9-16(15-7-5-4-6-14(12)15)17(10-11-18-3)22-20-13(2)19-21-22/h4-9,17-18H,10-11H2,1-3H3. The summed E-state index contributed by atoms with van der Waals surface area (Å²) in [7, 11) is 1.96. The van der Waals surface area contributed by atoms with Crippen molar-refractivity contribution in [3.05, 3.63) is 53.3 Å². The van der Waals surface area contributed by atoms with Gasteiger partial charge in [-0.2, -0.15) is 4.80 Å². The van der Waals surface area contributed by atoms with Gasteiger partial charge in [0, 0.05) is 0 Å².